The zero-order chi connectivity index (χ0) is 18.6. The molecule has 0 N–H and O–H groups in total. The van der Waals surface area contributed by atoms with E-state index in [0.717, 1.165) is 16.5 Å². The predicted octanol–water partition coefficient (Wildman–Crippen LogP) is 4.04. The molecular weight excluding hydrogens is 386 g/mol. The molecule has 1 amide bonds. The van der Waals surface area contributed by atoms with Gasteiger partial charge in [0, 0.05) is 17.6 Å². The summed E-state index contributed by atoms with van der Waals surface area (Å²) >= 11 is 3.46. The number of carbonyl (C=O) groups excluding carboxylic acids is 2. The number of amides is 1. The third kappa shape index (κ3) is 5.73. The van der Waals surface area contributed by atoms with Crippen molar-refractivity contribution in [1.29, 1.82) is 0 Å². The van der Waals surface area contributed by atoms with Gasteiger partial charge in [0.15, 0.2) is 0 Å². The summed E-state index contributed by atoms with van der Waals surface area (Å²) in [4.78, 5) is 26.3. The Kier molecular flexibility index (Phi) is 6.49. The second-order valence-corrected chi connectivity index (χ2v) is 8.35. The molecule has 5 nitrogen and oxygen atoms in total. The van der Waals surface area contributed by atoms with E-state index in [-0.39, 0.29) is 23.9 Å². The molecule has 138 valence electrons. The third-order valence-corrected chi connectivity index (χ3v) is 4.79. The summed E-state index contributed by atoms with van der Waals surface area (Å²) < 4.78 is 11.4. The lowest BCUT2D eigenvalue weighted by Gasteiger charge is -2.25. The van der Waals surface area contributed by atoms with Crippen LogP contribution >= 0.6 is 15.9 Å². The Hall–Kier alpha value is -1.56. The zero-order valence-electron chi connectivity index (χ0n) is 15.3. The second-order valence-electron chi connectivity index (χ2n) is 7.44. The van der Waals surface area contributed by atoms with Crippen molar-refractivity contribution in [2.24, 2.45) is 11.8 Å². The van der Waals surface area contributed by atoms with Crippen LogP contribution in [0.15, 0.2) is 28.7 Å². The normalized spacial score (nSPS) is 18.8. The van der Waals surface area contributed by atoms with Gasteiger partial charge in [-0.25, -0.2) is 4.79 Å². The quantitative estimate of drug-likeness (QED) is 0.701. The van der Waals surface area contributed by atoms with Crippen molar-refractivity contribution < 1.29 is 19.1 Å². The van der Waals surface area contributed by atoms with Gasteiger partial charge in [0.2, 0.25) is 0 Å². The zero-order valence-corrected chi connectivity index (χ0v) is 16.8. The van der Waals surface area contributed by atoms with Gasteiger partial charge in [-0.15, -0.1) is 0 Å². The molecule has 0 saturated carbocycles. The van der Waals surface area contributed by atoms with Crippen LogP contribution < -0.4 is 0 Å². The van der Waals surface area contributed by atoms with Gasteiger partial charge >= 0.3 is 12.1 Å². The maximum absolute atomic E-state index is 12.3. The van der Waals surface area contributed by atoms with Crippen molar-refractivity contribution in [1.82, 2.24) is 4.90 Å². The average molecular weight is 412 g/mol. The number of esters is 1. The molecule has 1 aromatic rings. The summed E-state index contributed by atoms with van der Waals surface area (Å²) in [6.45, 7) is 6.67. The minimum absolute atomic E-state index is 0.0685. The van der Waals surface area contributed by atoms with Crippen LogP contribution in [-0.2, 0) is 20.7 Å². The smallest absolute Gasteiger partial charge is 0.410 e. The Labute approximate surface area is 157 Å². The number of benzene rings is 1. The van der Waals surface area contributed by atoms with Crippen LogP contribution in [-0.4, -0.2) is 42.8 Å². The summed E-state index contributed by atoms with van der Waals surface area (Å²) in [5.41, 5.74) is 0.549. The maximum Gasteiger partial charge on any atom is 0.410 e. The lowest BCUT2D eigenvalue weighted by molar-refractivity contribution is -0.147. The SMILES string of the molecule is COC(=O)[C@@H](Cc1cccc(Br)c1)[C@H]1CCN(C(=O)OC(C)(C)C)C1. The first kappa shape index (κ1) is 19.8. The van der Waals surface area contributed by atoms with E-state index in [1.54, 1.807) is 4.90 Å². The van der Waals surface area contributed by atoms with Crippen LogP contribution in [0.4, 0.5) is 4.79 Å². The Bertz CT molecular complexity index is 626. The van der Waals surface area contributed by atoms with Crippen LogP contribution in [0.2, 0.25) is 0 Å². The van der Waals surface area contributed by atoms with Gasteiger partial charge in [0.05, 0.1) is 13.0 Å². The van der Waals surface area contributed by atoms with Gasteiger partial charge in [-0.1, -0.05) is 28.1 Å². The molecule has 1 aliphatic heterocycles. The maximum atomic E-state index is 12.3. The van der Waals surface area contributed by atoms with Crippen molar-refractivity contribution in [2.75, 3.05) is 20.2 Å². The summed E-state index contributed by atoms with van der Waals surface area (Å²) in [5, 5.41) is 0. The lowest BCUT2D eigenvalue weighted by atomic mass is 9.86. The number of methoxy groups -OCH3 is 1. The molecule has 1 heterocycles. The Morgan fingerprint density at radius 2 is 2.08 bits per heavy atom. The van der Waals surface area contributed by atoms with Gasteiger partial charge in [0.25, 0.3) is 0 Å². The van der Waals surface area contributed by atoms with Crippen LogP contribution in [0.5, 0.6) is 0 Å². The summed E-state index contributed by atoms with van der Waals surface area (Å²) in [7, 11) is 1.41. The number of hydrogen-bond acceptors (Lipinski definition) is 4. The molecule has 0 unspecified atom stereocenters. The van der Waals surface area contributed by atoms with E-state index in [1.165, 1.54) is 7.11 Å². The van der Waals surface area contributed by atoms with E-state index in [0.29, 0.717) is 19.5 Å². The molecule has 1 saturated heterocycles. The average Bonchev–Trinajstić information content (AvgIpc) is 3.00. The molecule has 0 aliphatic carbocycles. The fourth-order valence-corrected chi connectivity index (χ4v) is 3.57. The molecule has 1 fully saturated rings. The van der Waals surface area contributed by atoms with Crippen LogP contribution in [0.1, 0.15) is 32.8 Å². The van der Waals surface area contributed by atoms with Crippen LogP contribution in [0.25, 0.3) is 0 Å². The highest BCUT2D eigenvalue weighted by atomic mass is 79.9. The first-order chi connectivity index (χ1) is 11.7. The van der Waals surface area contributed by atoms with E-state index in [9.17, 15) is 9.59 Å². The number of likely N-dealkylation sites (tertiary alicyclic amines) is 1. The molecule has 2 atom stereocenters. The topological polar surface area (TPSA) is 55.8 Å². The van der Waals surface area contributed by atoms with E-state index in [2.05, 4.69) is 15.9 Å². The van der Waals surface area contributed by atoms with Crippen molar-refractivity contribution in [3.8, 4) is 0 Å². The third-order valence-electron chi connectivity index (χ3n) is 4.29. The number of ether oxygens (including phenoxy) is 2. The first-order valence-corrected chi connectivity index (χ1v) is 9.29. The molecule has 0 spiro atoms. The first-order valence-electron chi connectivity index (χ1n) is 8.50. The standard InChI is InChI=1S/C19H26BrNO4/c1-19(2,3)25-18(23)21-9-8-14(12-21)16(17(22)24-4)11-13-6-5-7-15(20)10-13/h5-7,10,14,16H,8-9,11-12H2,1-4H3/t14-,16-/m0/s1. The Morgan fingerprint density at radius 1 is 1.36 bits per heavy atom. The number of nitrogens with zero attached hydrogens (tertiary/aromatic N) is 1. The van der Waals surface area contributed by atoms with Gasteiger partial charge in [0.1, 0.15) is 5.60 Å². The summed E-state index contributed by atoms with van der Waals surface area (Å²) in [5.74, 6) is -0.429. The van der Waals surface area contributed by atoms with Crippen molar-refractivity contribution in [3.05, 3.63) is 34.3 Å². The monoisotopic (exact) mass is 411 g/mol. The fraction of sp³-hybridized carbons (Fsp3) is 0.579. The number of rotatable bonds is 4. The van der Waals surface area contributed by atoms with E-state index < -0.39 is 5.60 Å². The Balaban J connectivity index is 2.07. The largest absolute Gasteiger partial charge is 0.469 e. The summed E-state index contributed by atoms with van der Waals surface area (Å²) in [6, 6.07) is 7.92. The van der Waals surface area contributed by atoms with Crippen LogP contribution in [0.3, 0.4) is 0 Å². The molecule has 25 heavy (non-hydrogen) atoms. The highest BCUT2D eigenvalue weighted by molar-refractivity contribution is 9.10. The second kappa shape index (κ2) is 8.21. The fourth-order valence-electron chi connectivity index (χ4n) is 3.12. The van der Waals surface area contributed by atoms with Gasteiger partial charge in [-0.2, -0.15) is 0 Å². The van der Waals surface area contributed by atoms with Crippen LogP contribution in [0, 0.1) is 11.8 Å². The number of carbonyl (C=O) groups is 2. The molecule has 0 bridgehead atoms. The molecule has 1 aliphatic rings. The summed E-state index contributed by atoms with van der Waals surface area (Å²) in [6.07, 6.45) is 1.05. The van der Waals surface area contributed by atoms with Crippen molar-refractivity contribution >= 4 is 28.0 Å². The van der Waals surface area contributed by atoms with Gasteiger partial charge < -0.3 is 14.4 Å². The molecule has 1 aromatic carbocycles. The highest BCUT2D eigenvalue weighted by Gasteiger charge is 2.37. The van der Waals surface area contributed by atoms with E-state index in [1.807, 2.05) is 45.0 Å². The molecule has 2 rings (SSSR count). The number of hydrogen-bond donors (Lipinski definition) is 0. The minimum atomic E-state index is -0.521. The van der Waals surface area contributed by atoms with E-state index >= 15 is 0 Å². The molecule has 0 radical (unpaired) electrons. The molecule has 6 heteroatoms. The van der Waals surface area contributed by atoms with Crippen molar-refractivity contribution in [3.63, 3.8) is 0 Å². The number of halogens is 1. The van der Waals surface area contributed by atoms with Gasteiger partial charge in [-0.05, 0) is 57.2 Å². The van der Waals surface area contributed by atoms with E-state index in [4.69, 9.17) is 9.47 Å². The molecular formula is C19H26BrNO4. The molecule has 0 aromatic heterocycles. The van der Waals surface area contributed by atoms with Crippen molar-refractivity contribution in [2.45, 2.75) is 39.2 Å². The predicted molar refractivity (Wildman–Crippen MR) is 99.3 cm³/mol. The lowest BCUT2D eigenvalue weighted by Crippen LogP contribution is -2.36. The van der Waals surface area contributed by atoms with Gasteiger partial charge in [-0.3, -0.25) is 4.79 Å². The highest BCUT2D eigenvalue weighted by Crippen LogP contribution is 2.29. The minimum Gasteiger partial charge on any atom is -0.469 e. The Morgan fingerprint density at radius 3 is 2.68 bits per heavy atom.